The van der Waals surface area contributed by atoms with Crippen LogP contribution in [0.15, 0.2) is 18.3 Å². The average Bonchev–Trinajstić information content (AvgIpc) is 3.04. The van der Waals surface area contributed by atoms with E-state index in [1.807, 2.05) is 4.90 Å². The number of likely N-dealkylation sites (tertiary alicyclic amines) is 1. The fraction of sp³-hybridized carbons (Fsp3) is 0.588. The predicted molar refractivity (Wildman–Crippen MR) is 81.8 cm³/mol. The van der Waals surface area contributed by atoms with Gasteiger partial charge in [-0.1, -0.05) is 19.3 Å². The Morgan fingerprint density at radius 1 is 1.14 bits per heavy atom. The number of carbonyl (C=O) groups excluding carboxylic acids is 1. The fourth-order valence-corrected chi connectivity index (χ4v) is 3.88. The van der Waals surface area contributed by atoms with E-state index in [1.165, 1.54) is 50.4 Å². The first-order valence-corrected chi connectivity index (χ1v) is 8.17. The maximum absolute atomic E-state index is 12.7. The average molecular weight is 302 g/mol. The molecule has 5 heteroatoms. The van der Waals surface area contributed by atoms with Gasteiger partial charge < -0.3 is 10.0 Å². The SMILES string of the molecule is O=C(O)c1ccnc(C(=O)N2CCCC2C2CCCCC2)c1. The minimum absolute atomic E-state index is 0.115. The van der Waals surface area contributed by atoms with Crippen molar-refractivity contribution in [2.24, 2.45) is 5.92 Å². The fourth-order valence-electron chi connectivity index (χ4n) is 3.88. The van der Waals surface area contributed by atoms with Gasteiger partial charge in [0.2, 0.25) is 0 Å². The minimum atomic E-state index is -1.03. The van der Waals surface area contributed by atoms with Gasteiger partial charge in [0.05, 0.1) is 5.56 Å². The first-order valence-electron chi connectivity index (χ1n) is 8.17. The molecule has 1 aliphatic heterocycles. The monoisotopic (exact) mass is 302 g/mol. The molecule has 2 heterocycles. The molecular weight excluding hydrogens is 280 g/mol. The molecule has 0 spiro atoms. The molecule has 0 aromatic carbocycles. The van der Waals surface area contributed by atoms with Crippen LogP contribution in [0.2, 0.25) is 0 Å². The smallest absolute Gasteiger partial charge is 0.335 e. The van der Waals surface area contributed by atoms with Crippen LogP contribution < -0.4 is 0 Å². The quantitative estimate of drug-likeness (QED) is 0.932. The van der Waals surface area contributed by atoms with Crippen molar-refractivity contribution in [3.63, 3.8) is 0 Å². The highest BCUT2D eigenvalue weighted by Gasteiger charge is 2.36. The lowest BCUT2D eigenvalue weighted by atomic mass is 9.83. The van der Waals surface area contributed by atoms with Gasteiger partial charge in [0.25, 0.3) is 5.91 Å². The molecule has 1 amide bonds. The van der Waals surface area contributed by atoms with Crippen molar-refractivity contribution in [3.05, 3.63) is 29.6 Å². The Hall–Kier alpha value is -1.91. The summed E-state index contributed by atoms with van der Waals surface area (Å²) < 4.78 is 0. The van der Waals surface area contributed by atoms with Gasteiger partial charge in [-0.05, 0) is 43.7 Å². The number of pyridine rings is 1. The van der Waals surface area contributed by atoms with Crippen molar-refractivity contribution in [2.75, 3.05) is 6.54 Å². The van der Waals surface area contributed by atoms with E-state index in [9.17, 15) is 9.59 Å². The van der Waals surface area contributed by atoms with Crippen LogP contribution >= 0.6 is 0 Å². The summed E-state index contributed by atoms with van der Waals surface area (Å²) in [7, 11) is 0. The van der Waals surface area contributed by atoms with Gasteiger partial charge in [-0.15, -0.1) is 0 Å². The molecular formula is C17H22N2O3. The maximum atomic E-state index is 12.7. The highest BCUT2D eigenvalue weighted by atomic mass is 16.4. The van der Waals surface area contributed by atoms with Crippen LogP contribution in [-0.4, -0.2) is 39.5 Å². The van der Waals surface area contributed by atoms with Crippen molar-refractivity contribution in [1.82, 2.24) is 9.88 Å². The van der Waals surface area contributed by atoms with Crippen molar-refractivity contribution >= 4 is 11.9 Å². The molecule has 0 bridgehead atoms. The van der Waals surface area contributed by atoms with E-state index in [1.54, 1.807) is 0 Å². The van der Waals surface area contributed by atoms with E-state index in [4.69, 9.17) is 5.11 Å². The predicted octanol–water partition coefficient (Wildman–Crippen LogP) is 2.96. The molecule has 2 fully saturated rings. The van der Waals surface area contributed by atoms with Crippen LogP contribution in [0.5, 0.6) is 0 Å². The zero-order chi connectivity index (χ0) is 15.5. The van der Waals surface area contributed by atoms with Crippen LogP contribution in [0.3, 0.4) is 0 Å². The molecule has 3 rings (SSSR count). The number of nitrogens with zero attached hydrogens (tertiary/aromatic N) is 2. The Morgan fingerprint density at radius 2 is 1.91 bits per heavy atom. The molecule has 1 saturated carbocycles. The summed E-state index contributed by atoms with van der Waals surface area (Å²) in [6.45, 7) is 0.763. The summed E-state index contributed by atoms with van der Waals surface area (Å²) in [5.74, 6) is -0.541. The Bertz CT molecular complexity index is 567. The van der Waals surface area contributed by atoms with Crippen molar-refractivity contribution < 1.29 is 14.7 Å². The summed E-state index contributed by atoms with van der Waals surface area (Å²) >= 11 is 0. The highest BCUT2D eigenvalue weighted by Crippen LogP contribution is 2.34. The van der Waals surface area contributed by atoms with E-state index in [-0.39, 0.29) is 17.2 Å². The van der Waals surface area contributed by atoms with Crippen LogP contribution in [0, 0.1) is 5.92 Å². The lowest BCUT2D eigenvalue weighted by molar-refractivity contribution is 0.0655. The van der Waals surface area contributed by atoms with E-state index in [2.05, 4.69) is 4.98 Å². The molecule has 1 saturated heterocycles. The standard InChI is InChI=1S/C17H22N2O3/c20-16(14-11-13(17(21)22)8-9-18-14)19-10-4-7-15(19)12-5-2-1-3-6-12/h8-9,11-12,15H,1-7,10H2,(H,21,22). The van der Waals surface area contributed by atoms with Crippen molar-refractivity contribution in [3.8, 4) is 0 Å². The van der Waals surface area contributed by atoms with E-state index < -0.39 is 5.97 Å². The number of hydrogen-bond acceptors (Lipinski definition) is 3. The molecule has 0 radical (unpaired) electrons. The second-order valence-corrected chi connectivity index (χ2v) is 6.34. The number of hydrogen-bond donors (Lipinski definition) is 1. The third-order valence-electron chi connectivity index (χ3n) is 4.98. The number of aromatic carboxylic acids is 1. The van der Waals surface area contributed by atoms with Crippen LogP contribution in [0.1, 0.15) is 65.8 Å². The third-order valence-corrected chi connectivity index (χ3v) is 4.98. The molecule has 118 valence electrons. The number of carboxylic acids is 1. The lowest BCUT2D eigenvalue weighted by Gasteiger charge is -2.34. The zero-order valence-electron chi connectivity index (χ0n) is 12.7. The molecule has 1 aliphatic carbocycles. The van der Waals surface area contributed by atoms with Crippen LogP contribution in [0.25, 0.3) is 0 Å². The highest BCUT2D eigenvalue weighted by molar-refractivity contribution is 5.96. The van der Waals surface area contributed by atoms with Gasteiger partial charge in [0.15, 0.2) is 0 Å². The van der Waals surface area contributed by atoms with Crippen LogP contribution in [0.4, 0.5) is 0 Å². The third kappa shape index (κ3) is 2.98. The van der Waals surface area contributed by atoms with Gasteiger partial charge in [0.1, 0.15) is 5.69 Å². The summed E-state index contributed by atoms with van der Waals surface area (Å²) in [4.78, 5) is 29.8. The van der Waals surface area contributed by atoms with Gasteiger partial charge in [-0.25, -0.2) is 4.79 Å². The first-order chi connectivity index (χ1) is 10.7. The lowest BCUT2D eigenvalue weighted by Crippen LogP contribution is -2.41. The minimum Gasteiger partial charge on any atom is -0.478 e. The summed E-state index contributed by atoms with van der Waals surface area (Å²) in [6, 6.07) is 3.12. The summed E-state index contributed by atoms with van der Waals surface area (Å²) in [5, 5.41) is 9.06. The molecule has 5 nitrogen and oxygen atoms in total. The number of amides is 1. The second-order valence-electron chi connectivity index (χ2n) is 6.34. The van der Waals surface area contributed by atoms with Crippen LogP contribution in [-0.2, 0) is 0 Å². The Labute approximate surface area is 130 Å². The van der Waals surface area contributed by atoms with Gasteiger partial charge in [-0.2, -0.15) is 0 Å². The van der Waals surface area contributed by atoms with Gasteiger partial charge in [-0.3, -0.25) is 9.78 Å². The van der Waals surface area contributed by atoms with E-state index in [0.717, 1.165) is 19.4 Å². The summed E-state index contributed by atoms with van der Waals surface area (Å²) in [6.07, 6.45) is 9.74. The number of carboxylic acid groups (broad SMARTS) is 1. The Morgan fingerprint density at radius 3 is 2.64 bits per heavy atom. The Balaban J connectivity index is 1.78. The summed E-state index contributed by atoms with van der Waals surface area (Å²) in [5.41, 5.74) is 0.370. The molecule has 1 atom stereocenters. The van der Waals surface area contributed by atoms with Crippen molar-refractivity contribution in [1.29, 1.82) is 0 Å². The molecule has 22 heavy (non-hydrogen) atoms. The maximum Gasteiger partial charge on any atom is 0.335 e. The largest absolute Gasteiger partial charge is 0.478 e. The normalized spacial score (nSPS) is 22.7. The molecule has 1 aromatic rings. The number of aromatic nitrogens is 1. The molecule has 1 aromatic heterocycles. The molecule has 2 aliphatic rings. The van der Waals surface area contributed by atoms with E-state index in [0.29, 0.717) is 12.0 Å². The molecule has 1 unspecified atom stereocenters. The van der Waals surface area contributed by atoms with Crippen molar-refractivity contribution in [2.45, 2.75) is 51.0 Å². The molecule has 1 N–H and O–H groups in total. The van der Waals surface area contributed by atoms with Gasteiger partial charge in [0, 0.05) is 18.8 Å². The zero-order valence-corrected chi connectivity index (χ0v) is 12.7. The number of rotatable bonds is 3. The number of carbonyl (C=O) groups is 2. The second kappa shape index (κ2) is 6.46. The van der Waals surface area contributed by atoms with E-state index >= 15 is 0 Å². The Kier molecular flexibility index (Phi) is 4.41. The van der Waals surface area contributed by atoms with Gasteiger partial charge >= 0.3 is 5.97 Å². The first kappa shape index (κ1) is 15.0. The topological polar surface area (TPSA) is 70.5 Å².